The van der Waals surface area contributed by atoms with Crippen LogP contribution in [0.1, 0.15) is 22.3 Å². The Kier molecular flexibility index (Phi) is 5.70. The number of amides is 1. The first-order valence-electron chi connectivity index (χ1n) is 7.54. The van der Waals surface area contributed by atoms with E-state index in [0.29, 0.717) is 0 Å². The summed E-state index contributed by atoms with van der Waals surface area (Å²) in [6.07, 6.45) is -1.51. The number of aromatic nitrogens is 2. The van der Waals surface area contributed by atoms with Crippen LogP contribution >= 0.6 is 0 Å². The van der Waals surface area contributed by atoms with Crippen molar-refractivity contribution in [3.63, 3.8) is 0 Å². The topological polar surface area (TPSA) is 123 Å². The number of carbonyl (C=O) groups is 2. The fraction of sp³-hybridized carbons (Fsp3) is 0.235. The molecule has 0 saturated heterocycles. The van der Waals surface area contributed by atoms with Crippen molar-refractivity contribution >= 4 is 17.7 Å². The number of carbonyl (C=O) groups excluding carboxylic acids is 2. The Hall–Kier alpha value is -3.67. The van der Waals surface area contributed by atoms with Crippen LogP contribution in [0.4, 0.5) is 10.6 Å². The quantitative estimate of drug-likeness (QED) is 0.795. The Morgan fingerprint density at radius 3 is 2.42 bits per heavy atom. The van der Waals surface area contributed by atoms with Gasteiger partial charge in [-0.2, -0.15) is 5.26 Å². The molecule has 134 valence electrons. The number of hydrogen-bond donors (Lipinski definition) is 1. The van der Waals surface area contributed by atoms with Crippen molar-refractivity contribution in [2.45, 2.75) is 13.0 Å². The molecule has 2 rings (SSSR count). The first-order valence-corrected chi connectivity index (χ1v) is 7.54. The molecule has 26 heavy (non-hydrogen) atoms. The molecule has 0 unspecified atom stereocenters. The molecule has 0 bridgehead atoms. The molecule has 9 nitrogen and oxygen atoms in total. The summed E-state index contributed by atoms with van der Waals surface area (Å²) in [7, 11) is 2.49. The van der Waals surface area contributed by atoms with Crippen molar-refractivity contribution in [1.82, 2.24) is 9.13 Å². The van der Waals surface area contributed by atoms with Gasteiger partial charge in [0, 0.05) is 14.1 Å². The molecule has 9 heteroatoms. The van der Waals surface area contributed by atoms with Gasteiger partial charge in [0.25, 0.3) is 5.56 Å². The van der Waals surface area contributed by atoms with E-state index < -0.39 is 35.1 Å². The third-order valence-corrected chi connectivity index (χ3v) is 3.62. The zero-order chi connectivity index (χ0) is 19.3. The van der Waals surface area contributed by atoms with Crippen LogP contribution < -0.4 is 16.6 Å². The number of nitrogens with one attached hydrogen (secondary N) is 1. The Bertz CT molecular complexity index is 999. The number of benzene rings is 1. The lowest BCUT2D eigenvalue weighted by atomic mass is 10.1. The van der Waals surface area contributed by atoms with Crippen LogP contribution in [0.15, 0.2) is 39.9 Å². The predicted octanol–water partition coefficient (Wildman–Crippen LogP) is 0.929. The average molecular weight is 356 g/mol. The number of hydrogen-bond acceptors (Lipinski definition) is 6. The van der Waals surface area contributed by atoms with Crippen molar-refractivity contribution < 1.29 is 14.3 Å². The lowest BCUT2D eigenvalue weighted by Crippen LogP contribution is -2.42. The van der Waals surface area contributed by atoms with E-state index >= 15 is 0 Å². The van der Waals surface area contributed by atoms with Gasteiger partial charge in [-0.15, -0.1) is 0 Å². The first kappa shape index (κ1) is 18.7. The Morgan fingerprint density at radius 1 is 1.15 bits per heavy atom. The molecular weight excluding hydrogens is 340 g/mol. The van der Waals surface area contributed by atoms with Gasteiger partial charge in [0.15, 0.2) is 5.78 Å². The summed E-state index contributed by atoms with van der Waals surface area (Å²) in [6.45, 7) is -0.0348. The average Bonchev–Trinajstić information content (AvgIpc) is 2.64. The number of anilines is 1. The van der Waals surface area contributed by atoms with Gasteiger partial charge in [-0.3, -0.25) is 24.0 Å². The molecule has 0 spiro atoms. The first-order chi connectivity index (χ1) is 12.4. The van der Waals surface area contributed by atoms with Crippen molar-refractivity contribution in [2.75, 3.05) is 5.32 Å². The molecule has 1 aromatic heterocycles. The van der Waals surface area contributed by atoms with E-state index in [1.807, 2.05) is 6.07 Å². The molecule has 0 radical (unpaired) electrons. The second-order valence-electron chi connectivity index (χ2n) is 5.37. The molecule has 1 heterocycles. The third kappa shape index (κ3) is 3.87. The third-order valence-electron chi connectivity index (χ3n) is 3.62. The number of Topliss-reactive ketones (excluding diaryl/α,β-unsaturated/α-hetero) is 1. The molecule has 2 aromatic rings. The SMILES string of the molecule is Cn1c(NC(=O)OCc2ccccc2)c(C(=O)CC#N)c(=O)n(C)c1=O. The van der Waals surface area contributed by atoms with Crippen LogP contribution in [-0.2, 0) is 25.4 Å². The lowest BCUT2D eigenvalue weighted by Gasteiger charge is -2.14. The summed E-state index contributed by atoms with van der Waals surface area (Å²) < 4.78 is 6.71. The largest absolute Gasteiger partial charge is 0.444 e. The summed E-state index contributed by atoms with van der Waals surface area (Å²) in [5, 5.41) is 11.0. The highest BCUT2D eigenvalue weighted by atomic mass is 16.5. The second-order valence-corrected chi connectivity index (χ2v) is 5.37. The van der Waals surface area contributed by atoms with E-state index in [2.05, 4.69) is 5.32 Å². The van der Waals surface area contributed by atoms with Gasteiger partial charge in [-0.25, -0.2) is 9.59 Å². The molecule has 1 amide bonds. The van der Waals surface area contributed by atoms with Crippen molar-refractivity contribution in [3.8, 4) is 6.07 Å². The number of ketones is 1. The number of nitriles is 1. The maximum atomic E-state index is 12.3. The summed E-state index contributed by atoms with van der Waals surface area (Å²) in [4.78, 5) is 48.5. The monoisotopic (exact) mass is 356 g/mol. The van der Waals surface area contributed by atoms with Crippen LogP contribution in [0.2, 0.25) is 0 Å². The molecule has 0 aliphatic rings. The van der Waals surface area contributed by atoms with Gasteiger partial charge in [-0.05, 0) is 5.56 Å². The summed E-state index contributed by atoms with van der Waals surface area (Å²) in [5.74, 6) is -1.11. The van der Waals surface area contributed by atoms with Crippen molar-refractivity contribution in [1.29, 1.82) is 5.26 Å². The molecule has 0 fully saturated rings. The highest BCUT2D eigenvalue weighted by Crippen LogP contribution is 2.12. The highest BCUT2D eigenvalue weighted by Gasteiger charge is 2.23. The van der Waals surface area contributed by atoms with Gasteiger partial charge in [-0.1, -0.05) is 30.3 Å². The molecular formula is C17H16N4O5. The summed E-state index contributed by atoms with van der Waals surface area (Å²) >= 11 is 0. The minimum absolute atomic E-state index is 0.0348. The van der Waals surface area contributed by atoms with E-state index in [-0.39, 0.29) is 12.4 Å². The van der Waals surface area contributed by atoms with Crippen LogP contribution in [0.25, 0.3) is 0 Å². The normalized spacial score (nSPS) is 10.0. The van der Waals surface area contributed by atoms with Crippen molar-refractivity contribution in [2.24, 2.45) is 14.1 Å². The lowest BCUT2D eigenvalue weighted by molar-refractivity contribution is 0.0995. The zero-order valence-corrected chi connectivity index (χ0v) is 14.2. The number of nitrogens with zero attached hydrogens (tertiary/aromatic N) is 3. The molecule has 1 aromatic carbocycles. The van der Waals surface area contributed by atoms with Gasteiger partial charge < -0.3 is 4.74 Å². The molecule has 0 saturated carbocycles. The van der Waals surface area contributed by atoms with Crippen LogP contribution in [0, 0.1) is 11.3 Å². The van der Waals surface area contributed by atoms with Gasteiger partial charge in [0.1, 0.15) is 18.0 Å². The highest BCUT2D eigenvalue weighted by molar-refractivity contribution is 6.03. The molecule has 0 atom stereocenters. The van der Waals surface area contributed by atoms with Gasteiger partial charge in [0.05, 0.1) is 12.5 Å². The minimum Gasteiger partial charge on any atom is -0.444 e. The fourth-order valence-electron chi connectivity index (χ4n) is 2.26. The minimum atomic E-state index is -0.942. The smallest absolute Gasteiger partial charge is 0.413 e. The molecule has 0 aliphatic heterocycles. The van der Waals surface area contributed by atoms with Crippen LogP contribution in [-0.4, -0.2) is 21.0 Å². The van der Waals surface area contributed by atoms with Crippen molar-refractivity contribution in [3.05, 3.63) is 62.3 Å². The maximum Gasteiger partial charge on any atom is 0.413 e. The Morgan fingerprint density at radius 2 is 1.81 bits per heavy atom. The van der Waals surface area contributed by atoms with Crippen LogP contribution in [0.3, 0.4) is 0 Å². The van der Waals surface area contributed by atoms with E-state index in [0.717, 1.165) is 14.7 Å². The van der Waals surface area contributed by atoms with Crippen LogP contribution in [0.5, 0.6) is 0 Å². The number of rotatable bonds is 5. The van der Waals surface area contributed by atoms with E-state index in [9.17, 15) is 19.2 Å². The summed E-state index contributed by atoms with van der Waals surface area (Å²) in [5.41, 5.74) is -1.34. The van der Waals surface area contributed by atoms with Gasteiger partial charge >= 0.3 is 11.8 Å². The summed E-state index contributed by atoms with van der Waals surface area (Å²) in [6, 6.07) is 10.5. The molecule has 1 N–H and O–H groups in total. The zero-order valence-electron chi connectivity index (χ0n) is 14.2. The van der Waals surface area contributed by atoms with E-state index in [1.54, 1.807) is 30.3 Å². The maximum absolute atomic E-state index is 12.3. The number of ether oxygens (including phenoxy) is 1. The van der Waals surface area contributed by atoms with Gasteiger partial charge in [0.2, 0.25) is 0 Å². The van der Waals surface area contributed by atoms with E-state index in [4.69, 9.17) is 10.00 Å². The second kappa shape index (κ2) is 7.94. The predicted molar refractivity (Wildman–Crippen MR) is 91.7 cm³/mol. The van der Waals surface area contributed by atoms with E-state index in [1.165, 1.54) is 14.1 Å². The Labute approximate surface area is 148 Å². The standard InChI is InChI=1S/C17H16N4O5/c1-20-14(19-16(24)26-10-11-6-4-3-5-7-11)13(12(22)8-9-18)15(23)21(2)17(20)25/h3-7H,8,10H2,1-2H3,(H,19,24). The fourth-order valence-corrected chi connectivity index (χ4v) is 2.26. The Balaban J connectivity index is 2.34. The molecule has 0 aliphatic carbocycles.